The fourth-order valence-corrected chi connectivity index (χ4v) is 3.41. The number of hydrogen-bond donors (Lipinski definition) is 1. The van der Waals surface area contributed by atoms with E-state index in [1.807, 2.05) is 20.8 Å². The summed E-state index contributed by atoms with van der Waals surface area (Å²) < 4.78 is 5.43. The van der Waals surface area contributed by atoms with Gasteiger partial charge in [-0.1, -0.05) is 20.8 Å². The molecule has 130 valence electrons. The van der Waals surface area contributed by atoms with Gasteiger partial charge in [0.2, 0.25) is 0 Å². The maximum absolute atomic E-state index is 12.1. The van der Waals surface area contributed by atoms with Gasteiger partial charge in [-0.2, -0.15) is 0 Å². The number of anilines is 1. The Kier molecular flexibility index (Phi) is 5.23. The molecule has 0 aromatic carbocycles. The molecule has 1 N–H and O–H groups in total. The number of likely N-dealkylation sites (tertiary alicyclic amines) is 1. The molecule has 0 spiro atoms. The van der Waals surface area contributed by atoms with Crippen LogP contribution in [0.5, 0.6) is 0 Å². The van der Waals surface area contributed by atoms with Crippen LogP contribution < -0.4 is 5.32 Å². The van der Waals surface area contributed by atoms with E-state index in [0.717, 1.165) is 36.8 Å². The first-order chi connectivity index (χ1) is 10.5. The monoisotopic (exact) mass is 339 g/mol. The maximum atomic E-state index is 12.1. The van der Waals surface area contributed by atoms with Gasteiger partial charge in [-0.15, -0.1) is 11.3 Å². The lowest BCUT2D eigenvalue weighted by molar-refractivity contribution is 0.0210. The van der Waals surface area contributed by atoms with Crippen molar-refractivity contribution in [3.63, 3.8) is 0 Å². The summed E-state index contributed by atoms with van der Waals surface area (Å²) in [6.07, 6.45) is 1.63. The van der Waals surface area contributed by atoms with Crippen molar-refractivity contribution in [3.05, 3.63) is 11.1 Å². The van der Waals surface area contributed by atoms with Gasteiger partial charge >= 0.3 is 6.09 Å². The molecule has 0 bridgehead atoms. The highest BCUT2D eigenvalue weighted by Crippen LogP contribution is 2.27. The van der Waals surface area contributed by atoms with Gasteiger partial charge in [0.05, 0.1) is 5.69 Å². The zero-order valence-corrected chi connectivity index (χ0v) is 15.9. The molecular weight excluding hydrogens is 310 g/mol. The number of thiazole rings is 1. The summed E-state index contributed by atoms with van der Waals surface area (Å²) in [7, 11) is 0. The normalized spacial score (nSPS) is 17.2. The summed E-state index contributed by atoms with van der Waals surface area (Å²) in [5.41, 5.74) is 0.767. The molecule has 23 heavy (non-hydrogen) atoms. The van der Waals surface area contributed by atoms with E-state index in [-0.39, 0.29) is 11.5 Å². The molecule has 2 heterocycles. The SMILES string of the molecule is CC(C)(C)OC(=O)N1CCC(Nc2nc(C(C)(C)C)cs2)CC1. The molecule has 0 aliphatic carbocycles. The van der Waals surface area contributed by atoms with E-state index in [4.69, 9.17) is 4.74 Å². The van der Waals surface area contributed by atoms with Gasteiger partial charge in [0.15, 0.2) is 5.13 Å². The molecule has 0 radical (unpaired) electrons. The van der Waals surface area contributed by atoms with Crippen LogP contribution in [0.2, 0.25) is 0 Å². The predicted octanol–water partition coefficient (Wildman–Crippen LogP) is 4.25. The van der Waals surface area contributed by atoms with Crippen molar-refractivity contribution < 1.29 is 9.53 Å². The largest absolute Gasteiger partial charge is 0.444 e. The highest BCUT2D eigenvalue weighted by Gasteiger charge is 2.27. The Balaban J connectivity index is 1.83. The van der Waals surface area contributed by atoms with Crippen LogP contribution in [-0.4, -0.2) is 40.7 Å². The summed E-state index contributed by atoms with van der Waals surface area (Å²) >= 11 is 1.66. The summed E-state index contributed by atoms with van der Waals surface area (Å²) in [6, 6.07) is 0.368. The van der Waals surface area contributed by atoms with Gasteiger partial charge in [0.1, 0.15) is 5.60 Å². The molecule has 0 unspecified atom stereocenters. The molecular formula is C17H29N3O2S. The second-order valence-corrected chi connectivity index (χ2v) is 9.03. The molecule has 1 aliphatic rings. The number of ether oxygens (including phenoxy) is 1. The highest BCUT2D eigenvalue weighted by molar-refractivity contribution is 7.13. The fraction of sp³-hybridized carbons (Fsp3) is 0.765. The first-order valence-corrected chi connectivity index (χ1v) is 9.13. The number of nitrogens with zero attached hydrogens (tertiary/aromatic N) is 2. The summed E-state index contributed by atoms with van der Waals surface area (Å²) in [5, 5.41) is 6.61. The molecule has 2 rings (SSSR count). The lowest BCUT2D eigenvalue weighted by Gasteiger charge is -2.33. The van der Waals surface area contributed by atoms with Crippen molar-refractivity contribution in [2.24, 2.45) is 0 Å². The minimum absolute atomic E-state index is 0.0799. The van der Waals surface area contributed by atoms with Gasteiger partial charge in [-0.05, 0) is 33.6 Å². The first-order valence-electron chi connectivity index (χ1n) is 8.25. The Morgan fingerprint density at radius 1 is 1.26 bits per heavy atom. The summed E-state index contributed by atoms with van der Waals surface area (Å²) in [5.74, 6) is 0. The Hall–Kier alpha value is -1.30. The van der Waals surface area contributed by atoms with Gasteiger partial charge in [-0.3, -0.25) is 0 Å². The Labute approximate surface area is 143 Å². The Morgan fingerprint density at radius 2 is 1.87 bits per heavy atom. The van der Waals surface area contributed by atoms with Crippen molar-refractivity contribution in [1.82, 2.24) is 9.88 Å². The third-order valence-electron chi connectivity index (χ3n) is 3.75. The van der Waals surface area contributed by atoms with E-state index < -0.39 is 5.60 Å². The smallest absolute Gasteiger partial charge is 0.410 e. The van der Waals surface area contributed by atoms with Crippen molar-refractivity contribution in [2.75, 3.05) is 18.4 Å². The average molecular weight is 340 g/mol. The number of amides is 1. The van der Waals surface area contributed by atoms with Gasteiger partial charge in [0.25, 0.3) is 0 Å². The van der Waals surface area contributed by atoms with E-state index in [0.29, 0.717) is 6.04 Å². The zero-order chi connectivity index (χ0) is 17.3. The van der Waals surface area contributed by atoms with E-state index in [2.05, 4.69) is 36.5 Å². The highest BCUT2D eigenvalue weighted by atomic mass is 32.1. The molecule has 5 nitrogen and oxygen atoms in total. The third-order valence-corrected chi connectivity index (χ3v) is 4.52. The van der Waals surface area contributed by atoms with Crippen LogP contribution in [-0.2, 0) is 10.2 Å². The molecule has 6 heteroatoms. The number of carbonyl (C=O) groups is 1. The maximum Gasteiger partial charge on any atom is 0.410 e. The quantitative estimate of drug-likeness (QED) is 0.875. The van der Waals surface area contributed by atoms with Crippen LogP contribution >= 0.6 is 11.3 Å². The summed E-state index contributed by atoms with van der Waals surface area (Å²) in [4.78, 5) is 18.5. The Bertz CT molecular complexity index is 535. The van der Waals surface area contributed by atoms with Crippen LogP contribution in [0.25, 0.3) is 0 Å². The van der Waals surface area contributed by atoms with Crippen LogP contribution in [0.15, 0.2) is 5.38 Å². The number of rotatable bonds is 2. The van der Waals surface area contributed by atoms with E-state index >= 15 is 0 Å². The van der Waals surface area contributed by atoms with Crippen LogP contribution in [0.1, 0.15) is 60.1 Å². The molecule has 1 amide bonds. The van der Waals surface area contributed by atoms with E-state index in [9.17, 15) is 4.79 Å². The number of nitrogens with one attached hydrogen (secondary N) is 1. The molecule has 0 atom stereocenters. The molecule has 0 saturated carbocycles. The van der Waals surface area contributed by atoms with Crippen LogP contribution in [0.3, 0.4) is 0 Å². The first kappa shape index (κ1) is 18.0. The van der Waals surface area contributed by atoms with Crippen molar-refractivity contribution >= 4 is 22.6 Å². The number of hydrogen-bond acceptors (Lipinski definition) is 5. The lowest BCUT2D eigenvalue weighted by Crippen LogP contribution is -2.44. The van der Waals surface area contributed by atoms with Crippen molar-refractivity contribution in [2.45, 2.75) is 71.4 Å². The fourth-order valence-electron chi connectivity index (χ4n) is 2.39. The molecule has 1 aromatic rings. The lowest BCUT2D eigenvalue weighted by atomic mass is 9.93. The van der Waals surface area contributed by atoms with Gasteiger partial charge in [-0.25, -0.2) is 9.78 Å². The topological polar surface area (TPSA) is 54.5 Å². The number of piperidine rings is 1. The summed E-state index contributed by atoms with van der Waals surface area (Å²) in [6.45, 7) is 13.7. The minimum atomic E-state index is -0.434. The number of aromatic nitrogens is 1. The van der Waals surface area contributed by atoms with E-state index in [1.165, 1.54) is 0 Å². The second kappa shape index (κ2) is 6.67. The van der Waals surface area contributed by atoms with E-state index in [1.54, 1.807) is 16.2 Å². The van der Waals surface area contributed by atoms with Gasteiger partial charge < -0.3 is 15.0 Å². The van der Waals surface area contributed by atoms with Crippen LogP contribution in [0.4, 0.5) is 9.93 Å². The van der Waals surface area contributed by atoms with Gasteiger partial charge in [0, 0.05) is 29.9 Å². The molecule has 1 fully saturated rings. The van der Waals surface area contributed by atoms with Crippen LogP contribution in [0, 0.1) is 0 Å². The average Bonchev–Trinajstić information content (AvgIpc) is 2.86. The Morgan fingerprint density at radius 3 is 2.35 bits per heavy atom. The predicted molar refractivity (Wildman–Crippen MR) is 95.3 cm³/mol. The van der Waals surface area contributed by atoms with Crippen molar-refractivity contribution in [1.29, 1.82) is 0 Å². The second-order valence-electron chi connectivity index (χ2n) is 8.17. The standard InChI is InChI=1S/C17H29N3O2S/c1-16(2,3)13-11-23-14(19-13)18-12-7-9-20(10-8-12)15(21)22-17(4,5)6/h11-12H,7-10H2,1-6H3,(H,18,19). The zero-order valence-electron chi connectivity index (χ0n) is 15.1. The molecule has 1 saturated heterocycles. The molecule has 1 aliphatic heterocycles. The number of carbonyl (C=O) groups excluding carboxylic acids is 1. The molecule has 1 aromatic heterocycles. The van der Waals surface area contributed by atoms with Crippen molar-refractivity contribution in [3.8, 4) is 0 Å². The minimum Gasteiger partial charge on any atom is -0.444 e. The third kappa shape index (κ3) is 5.37.